The van der Waals surface area contributed by atoms with Gasteiger partial charge in [-0.3, -0.25) is 4.90 Å². The fourth-order valence-corrected chi connectivity index (χ4v) is 4.70. The smallest absolute Gasteiger partial charge is 0.242 e. The maximum atomic E-state index is 12.3. The van der Waals surface area contributed by atoms with E-state index in [2.05, 4.69) is 51.6 Å². The van der Waals surface area contributed by atoms with Gasteiger partial charge in [0, 0.05) is 64.2 Å². The third-order valence-electron chi connectivity index (χ3n) is 5.49. The van der Waals surface area contributed by atoms with E-state index < -0.39 is 10.0 Å². The molecule has 2 aromatic carbocycles. The zero-order valence-corrected chi connectivity index (χ0v) is 19.9. The van der Waals surface area contributed by atoms with Crippen molar-refractivity contribution in [2.45, 2.75) is 17.9 Å². The van der Waals surface area contributed by atoms with Crippen LogP contribution in [0.1, 0.15) is 6.92 Å². The summed E-state index contributed by atoms with van der Waals surface area (Å²) in [6.45, 7) is 6.92. The molecule has 3 rings (SSSR count). The van der Waals surface area contributed by atoms with Gasteiger partial charge in [0.05, 0.1) is 4.90 Å². The van der Waals surface area contributed by atoms with Gasteiger partial charge in [-0.1, -0.05) is 24.3 Å². The number of thiocarbonyl (C=S) groups is 1. The average Bonchev–Trinajstić information content (AvgIpc) is 2.78. The van der Waals surface area contributed by atoms with Crippen LogP contribution >= 0.6 is 12.2 Å². The van der Waals surface area contributed by atoms with Crippen LogP contribution < -0.4 is 15.5 Å². The van der Waals surface area contributed by atoms with Crippen molar-refractivity contribution in [3.63, 3.8) is 0 Å². The molecule has 31 heavy (non-hydrogen) atoms. The van der Waals surface area contributed by atoms with E-state index in [9.17, 15) is 8.42 Å². The molecule has 0 radical (unpaired) electrons. The molecule has 1 saturated heterocycles. The van der Waals surface area contributed by atoms with Gasteiger partial charge in [-0.25, -0.2) is 12.7 Å². The predicted molar refractivity (Wildman–Crippen MR) is 131 cm³/mol. The second-order valence-corrected chi connectivity index (χ2v) is 10.4. The molecular weight excluding hydrogens is 430 g/mol. The van der Waals surface area contributed by atoms with E-state index in [0.717, 1.165) is 26.2 Å². The molecule has 1 fully saturated rings. The van der Waals surface area contributed by atoms with Gasteiger partial charge in [-0.05, 0) is 49.5 Å². The molecule has 0 amide bonds. The van der Waals surface area contributed by atoms with Crippen LogP contribution in [-0.4, -0.2) is 75.6 Å². The van der Waals surface area contributed by atoms with Crippen molar-refractivity contribution >= 4 is 38.7 Å². The van der Waals surface area contributed by atoms with Gasteiger partial charge >= 0.3 is 0 Å². The number of benzene rings is 2. The van der Waals surface area contributed by atoms with E-state index in [-0.39, 0.29) is 4.90 Å². The highest BCUT2D eigenvalue weighted by Gasteiger charge is 2.21. The lowest BCUT2D eigenvalue weighted by molar-refractivity contribution is 0.198. The summed E-state index contributed by atoms with van der Waals surface area (Å²) in [4.78, 5) is 5.10. The molecule has 0 aromatic heterocycles. The fraction of sp³-hybridized carbons (Fsp3) is 0.409. The zero-order valence-electron chi connectivity index (χ0n) is 18.3. The normalized spacial score (nSPS) is 16.2. The van der Waals surface area contributed by atoms with Gasteiger partial charge in [-0.15, -0.1) is 0 Å². The average molecular weight is 462 g/mol. The first kappa shape index (κ1) is 23.5. The number of nitrogens with one attached hydrogen (secondary N) is 2. The molecule has 2 N–H and O–H groups in total. The first-order valence-electron chi connectivity index (χ1n) is 10.4. The zero-order chi connectivity index (χ0) is 22.4. The van der Waals surface area contributed by atoms with E-state index in [4.69, 9.17) is 12.2 Å². The number of rotatable bonds is 7. The Morgan fingerprint density at radius 2 is 1.74 bits per heavy atom. The molecule has 168 valence electrons. The van der Waals surface area contributed by atoms with E-state index >= 15 is 0 Å². The van der Waals surface area contributed by atoms with Gasteiger partial charge in [0.25, 0.3) is 0 Å². The first-order valence-corrected chi connectivity index (χ1v) is 12.2. The second kappa shape index (κ2) is 10.4. The molecule has 1 aliphatic rings. The Bertz CT molecular complexity index is 974. The number of sulfonamides is 1. The molecule has 0 aliphatic carbocycles. The summed E-state index contributed by atoms with van der Waals surface area (Å²) in [7, 11) is -0.448. The summed E-state index contributed by atoms with van der Waals surface area (Å²) in [5.74, 6) is 0. The van der Waals surface area contributed by atoms with Crippen molar-refractivity contribution in [2.75, 3.05) is 57.0 Å². The van der Waals surface area contributed by atoms with Gasteiger partial charge in [0.15, 0.2) is 5.11 Å². The quantitative estimate of drug-likeness (QED) is 0.614. The summed E-state index contributed by atoms with van der Waals surface area (Å²) in [6.07, 6.45) is 0. The largest absolute Gasteiger partial charge is 0.369 e. The van der Waals surface area contributed by atoms with Crippen molar-refractivity contribution < 1.29 is 8.42 Å². The lowest BCUT2D eigenvalue weighted by atomic mass is 10.2. The highest BCUT2D eigenvalue weighted by Crippen LogP contribution is 2.18. The van der Waals surface area contributed by atoms with E-state index in [1.807, 2.05) is 6.07 Å². The molecule has 0 unspecified atom stereocenters. The maximum absolute atomic E-state index is 12.3. The minimum absolute atomic E-state index is 0.231. The van der Waals surface area contributed by atoms with Crippen LogP contribution in [-0.2, 0) is 10.0 Å². The lowest BCUT2D eigenvalue weighted by Gasteiger charge is -2.39. The van der Waals surface area contributed by atoms with Crippen LogP contribution in [0.5, 0.6) is 0 Å². The van der Waals surface area contributed by atoms with Crippen LogP contribution in [0.3, 0.4) is 0 Å². The fourth-order valence-electron chi connectivity index (χ4n) is 3.55. The number of hydrogen-bond donors (Lipinski definition) is 2. The van der Waals surface area contributed by atoms with E-state index in [0.29, 0.717) is 23.4 Å². The topological polar surface area (TPSA) is 67.9 Å². The van der Waals surface area contributed by atoms with E-state index in [1.54, 1.807) is 24.3 Å². The van der Waals surface area contributed by atoms with Crippen LogP contribution in [0.4, 0.5) is 11.4 Å². The number of anilines is 2. The molecule has 1 aliphatic heterocycles. The maximum Gasteiger partial charge on any atom is 0.242 e. The molecule has 7 nitrogen and oxygen atoms in total. The highest BCUT2D eigenvalue weighted by atomic mass is 32.2. The molecule has 0 saturated carbocycles. The summed E-state index contributed by atoms with van der Waals surface area (Å²) < 4.78 is 25.8. The van der Waals surface area contributed by atoms with Gasteiger partial charge < -0.3 is 15.5 Å². The summed E-state index contributed by atoms with van der Waals surface area (Å²) in [5.41, 5.74) is 1.92. The molecule has 0 bridgehead atoms. The lowest BCUT2D eigenvalue weighted by Crippen LogP contribution is -2.52. The third kappa shape index (κ3) is 6.16. The highest BCUT2D eigenvalue weighted by molar-refractivity contribution is 7.89. The second-order valence-electron chi connectivity index (χ2n) is 7.86. The Kier molecular flexibility index (Phi) is 7.88. The number of hydrogen-bond acceptors (Lipinski definition) is 5. The van der Waals surface area contributed by atoms with Crippen molar-refractivity contribution in [3.8, 4) is 0 Å². The van der Waals surface area contributed by atoms with Crippen molar-refractivity contribution in [1.82, 2.24) is 14.5 Å². The Morgan fingerprint density at radius 3 is 2.39 bits per heavy atom. The van der Waals surface area contributed by atoms with Crippen LogP contribution in [0.15, 0.2) is 59.5 Å². The minimum atomic E-state index is -3.48. The Morgan fingerprint density at radius 1 is 1.06 bits per heavy atom. The van der Waals surface area contributed by atoms with Crippen LogP contribution in [0.25, 0.3) is 0 Å². The molecular formula is C22H31N5O2S2. The molecule has 0 spiro atoms. The van der Waals surface area contributed by atoms with Crippen molar-refractivity contribution in [3.05, 3.63) is 54.6 Å². The number of nitrogens with zero attached hydrogens (tertiary/aromatic N) is 3. The number of piperazine rings is 1. The number of para-hydroxylation sites is 1. The van der Waals surface area contributed by atoms with Gasteiger partial charge in [0.2, 0.25) is 10.0 Å². The van der Waals surface area contributed by atoms with Crippen LogP contribution in [0.2, 0.25) is 0 Å². The Hall–Kier alpha value is -2.20. The van der Waals surface area contributed by atoms with E-state index in [1.165, 1.54) is 24.1 Å². The predicted octanol–water partition coefficient (Wildman–Crippen LogP) is 2.43. The minimum Gasteiger partial charge on any atom is -0.369 e. The summed E-state index contributed by atoms with van der Waals surface area (Å²) in [6, 6.07) is 17.5. The van der Waals surface area contributed by atoms with Crippen LogP contribution in [0, 0.1) is 0 Å². The SMILES string of the molecule is C[C@H](CNC(=S)Nc1cccc(S(=O)(=O)N(C)C)c1)N1CCN(c2ccccc2)CC1. The molecule has 1 atom stereocenters. The Labute approximate surface area is 191 Å². The monoisotopic (exact) mass is 461 g/mol. The van der Waals surface area contributed by atoms with Crippen molar-refractivity contribution in [2.24, 2.45) is 0 Å². The first-order chi connectivity index (χ1) is 14.8. The summed E-state index contributed by atoms with van der Waals surface area (Å²) in [5, 5.41) is 6.83. The van der Waals surface area contributed by atoms with Crippen molar-refractivity contribution in [1.29, 1.82) is 0 Å². The summed E-state index contributed by atoms with van der Waals surface area (Å²) >= 11 is 5.42. The molecule has 1 heterocycles. The third-order valence-corrected chi connectivity index (χ3v) is 7.54. The van der Waals surface area contributed by atoms with Gasteiger partial charge in [-0.2, -0.15) is 0 Å². The molecule has 2 aromatic rings. The molecule has 9 heteroatoms. The Balaban J connectivity index is 1.47. The standard InChI is InChI=1S/C22H31N5O2S2/c1-18(26-12-14-27(15-13-26)20-9-5-4-6-10-20)17-23-22(30)24-19-8-7-11-21(16-19)31(28,29)25(2)3/h4-11,16,18H,12-15,17H2,1-3H3,(H2,23,24,30)/t18-/m1/s1. The van der Waals surface area contributed by atoms with Gasteiger partial charge in [0.1, 0.15) is 0 Å².